The summed E-state index contributed by atoms with van der Waals surface area (Å²) in [6, 6.07) is 8.03. The van der Waals surface area contributed by atoms with E-state index in [4.69, 9.17) is 37.4 Å². The molecule has 2 N–H and O–H groups in total. The predicted molar refractivity (Wildman–Crippen MR) is 119 cm³/mol. The number of hydrogen-bond acceptors (Lipinski definition) is 6. The van der Waals surface area contributed by atoms with Crippen molar-refractivity contribution >= 4 is 40.2 Å². The van der Waals surface area contributed by atoms with Crippen LogP contribution >= 0.6 is 23.2 Å². The second-order valence-electron chi connectivity index (χ2n) is 7.65. The number of H-pyrrole nitrogens is 1. The first kappa shape index (κ1) is 23.0. The number of nitrogens with one attached hydrogen (secondary N) is 2. The van der Waals surface area contributed by atoms with Crippen LogP contribution in [0.3, 0.4) is 0 Å². The molecule has 166 valence electrons. The highest BCUT2D eigenvalue weighted by Gasteiger charge is 2.18. The number of aromatic nitrogens is 3. The van der Waals surface area contributed by atoms with Crippen LogP contribution in [0.1, 0.15) is 26.3 Å². The van der Waals surface area contributed by atoms with E-state index in [2.05, 4.69) is 20.3 Å². The van der Waals surface area contributed by atoms with Crippen LogP contribution in [-0.2, 0) is 11.2 Å². The van der Waals surface area contributed by atoms with Gasteiger partial charge in [0.25, 0.3) is 5.88 Å². The standard InChI is InChI=1S/C21H24Cl2N4O4/c1-21(2,3)31-20(28)24-9-11-29-16-17(22)26-19(23)27-18(16)30-10-8-13-12-25-15-7-5-4-6-14(13)15/h4-7,12,25H,8-11H2,1-3H3,(H,24,28). The summed E-state index contributed by atoms with van der Waals surface area (Å²) in [5, 5.41) is 3.71. The van der Waals surface area contributed by atoms with Gasteiger partial charge in [-0.15, -0.1) is 0 Å². The number of halogens is 2. The van der Waals surface area contributed by atoms with E-state index in [1.807, 2.05) is 30.5 Å². The van der Waals surface area contributed by atoms with Gasteiger partial charge in [0.2, 0.25) is 11.0 Å². The van der Waals surface area contributed by atoms with E-state index in [-0.39, 0.29) is 35.2 Å². The number of fused-ring (bicyclic) bond motifs is 1. The van der Waals surface area contributed by atoms with Gasteiger partial charge >= 0.3 is 6.09 Å². The van der Waals surface area contributed by atoms with Crippen molar-refractivity contribution in [2.45, 2.75) is 32.8 Å². The Bertz CT molecular complexity index is 1050. The number of carbonyl (C=O) groups is 1. The average molecular weight is 467 g/mol. The Morgan fingerprint density at radius 3 is 2.68 bits per heavy atom. The second kappa shape index (κ2) is 10.1. The highest BCUT2D eigenvalue weighted by Crippen LogP contribution is 2.33. The second-order valence-corrected chi connectivity index (χ2v) is 8.35. The summed E-state index contributed by atoms with van der Waals surface area (Å²) in [7, 11) is 0. The van der Waals surface area contributed by atoms with Crippen molar-refractivity contribution < 1.29 is 19.0 Å². The van der Waals surface area contributed by atoms with E-state index in [9.17, 15) is 4.79 Å². The van der Waals surface area contributed by atoms with Crippen molar-refractivity contribution in [1.29, 1.82) is 0 Å². The highest BCUT2D eigenvalue weighted by molar-refractivity contribution is 6.33. The maximum absolute atomic E-state index is 11.7. The molecule has 2 aromatic heterocycles. The highest BCUT2D eigenvalue weighted by atomic mass is 35.5. The van der Waals surface area contributed by atoms with Gasteiger partial charge in [-0.1, -0.05) is 29.8 Å². The molecule has 0 aliphatic carbocycles. The van der Waals surface area contributed by atoms with Crippen molar-refractivity contribution in [3.63, 3.8) is 0 Å². The van der Waals surface area contributed by atoms with Crippen LogP contribution in [0.15, 0.2) is 30.5 Å². The van der Waals surface area contributed by atoms with E-state index < -0.39 is 11.7 Å². The van der Waals surface area contributed by atoms with E-state index >= 15 is 0 Å². The lowest BCUT2D eigenvalue weighted by Crippen LogP contribution is -2.34. The smallest absolute Gasteiger partial charge is 0.407 e. The number of alkyl carbamates (subject to hydrolysis) is 1. The molecule has 0 fully saturated rings. The minimum absolute atomic E-state index is 0.0272. The van der Waals surface area contributed by atoms with Gasteiger partial charge in [-0.3, -0.25) is 0 Å². The Balaban J connectivity index is 1.57. The molecule has 0 saturated carbocycles. The normalized spacial score (nSPS) is 11.4. The predicted octanol–water partition coefficient (Wildman–Crippen LogP) is 4.79. The first-order valence-electron chi connectivity index (χ1n) is 9.73. The minimum Gasteiger partial charge on any atom is -0.484 e. The quantitative estimate of drug-likeness (QED) is 0.281. The lowest BCUT2D eigenvalue weighted by atomic mass is 10.1. The summed E-state index contributed by atoms with van der Waals surface area (Å²) in [5.74, 6) is 0.304. The summed E-state index contributed by atoms with van der Waals surface area (Å²) >= 11 is 12.1. The van der Waals surface area contributed by atoms with Crippen molar-refractivity contribution in [2.75, 3.05) is 19.8 Å². The van der Waals surface area contributed by atoms with Crippen molar-refractivity contribution in [2.24, 2.45) is 0 Å². The Morgan fingerprint density at radius 2 is 1.90 bits per heavy atom. The molecular formula is C21H24Cl2N4O4. The van der Waals surface area contributed by atoms with Crippen molar-refractivity contribution in [3.05, 3.63) is 46.5 Å². The van der Waals surface area contributed by atoms with Crippen molar-refractivity contribution in [3.8, 4) is 11.6 Å². The first-order chi connectivity index (χ1) is 14.7. The van der Waals surface area contributed by atoms with Crippen LogP contribution in [-0.4, -0.2) is 46.4 Å². The number of benzene rings is 1. The lowest BCUT2D eigenvalue weighted by molar-refractivity contribution is 0.0520. The van der Waals surface area contributed by atoms with Gasteiger partial charge < -0.3 is 24.5 Å². The molecule has 0 aliphatic heterocycles. The number of hydrogen-bond donors (Lipinski definition) is 2. The van der Waals surface area contributed by atoms with E-state index in [1.165, 1.54) is 0 Å². The van der Waals surface area contributed by atoms with Crippen LogP contribution in [0.4, 0.5) is 4.79 Å². The zero-order chi connectivity index (χ0) is 22.4. The molecule has 10 heteroatoms. The number of carbonyl (C=O) groups excluding carboxylic acids is 1. The number of rotatable bonds is 8. The molecule has 0 radical (unpaired) electrons. The molecule has 1 amide bonds. The molecule has 3 rings (SSSR count). The zero-order valence-electron chi connectivity index (χ0n) is 17.5. The summed E-state index contributed by atoms with van der Waals surface area (Å²) in [6.45, 7) is 6.00. The number of para-hydroxylation sites is 1. The van der Waals surface area contributed by atoms with Crippen LogP contribution in [0, 0.1) is 0 Å². The average Bonchev–Trinajstić information content (AvgIpc) is 3.08. The van der Waals surface area contributed by atoms with Gasteiger partial charge in [-0.25, -0.2) is 9.78 Å². The van der Waals surface area contributed by atoms with E-state index in [0.29, 0.717) is 13.0 Å². The molecule has 0 atom stereocenters. The summed E-state index contributed by atoms with van der Waals surface area (Å²) in [5.41, 5.74) is 1.60. The third-order valence-corrected chi connectivity index (χ3v) is 4.49. The molecule has 0 unspecified atom stereocenters. The number of ether oxygens (including phenoxy) is 3. The molecular weight excluding hydrogens is 443 g/mol. The molecule has 3 aromatic rings. The Kier molecular flexibility index (Phi) is 7.46. The SMILES string of the molecule is CC(C)(C)OC(=O)NCCOc1c(Cl)nc(Cl)nc1OCCc1c[nH]c2ccccc12. The van der Waals surface area contributed by atoms with E-state index in [0.717, 1.165) is 16.5 Å². The first-order valence-corrected chi connectivity index (χ1v) is 10.5. The maximum atomic E-state index is 11.7. The monoisotopic (exact) mass is 466 g/mol. The van der Waals surface area contributed by atoms with Gasteiger partial charge in [0.05, 0.1) is 13.2 Å². The molecule has 0 saturated heterocycles. The largest absolute Gasteiger partial charge is 0.484 e. The van der Waals surface area contributed by atoms with Gasteiger partial charge in [-0.2, -0.15) is 4.98 Å². The van der Waals surface area contributed by atoms with Gasteiger partial charge in [0.1, 0.15) is 12.2 Å². The molecule has 1 aromatic carbocycles. The summed E-state index contributed by atoms with van der Waals surface area (Å²) in [4.78, 5) is 22.9. The van der Waals surface area contributed by atoms with E-state index in [1.54, 1.807) is 20.8 Å². The molecule has 31 heavy (non-hydrogen) atoms. The number of nitrogens with zero attached hydrogens (tertiary/aromatic N) is 2. The number of aromatic amines is 1. The fourth-order valence-corrected chi connectivity index (χ4v) is 3.24. The maximum Gasteiger partial charge on any atom is 0.407 e. The number of amides is 1. The van der Waals surface area contributed by atoms with Crippen LogP contribution in [0.5, 0.6) is 11.6 Å². The van der Waals surface area contributed by atoms with Crippen LogP contribution in [0.25, 0.3) is 10.9 Å². The summed E-state index contributed by atoms with van der Waals surface area (Å²) in [6.07, 6.45) is 2.06. The Morgan fingerprint density at radius 1 is 1.13 bits per heavy atom. The van der Waals surface area contributed by atoms with Gasteiger partial charge in [-0.05, 0) is 44.0 Å². The van der Waals surface area contributed by atoms with Crippen molar-refractivity contribution in [1.82, 2.24) is 20.3 Å². The molecule has 0 spiro atoms. The third kappa shape index (κ3) is 6.63. The molecule has 0 aliphatic rings. The molecule has 0 bridgehead atoms. The Labute approximate surface area is 190 Å². The summed E-state index contributed by atoms with van der Waals surface area (Å²) < 4.78 is 16.6. The fraction of sp³-hybridized carbons (Fsp3) is 0.381. The Hall–Kier alpha value is -2.71. The van der Waals surface area contributed by atoms with Crippen LogP contribution in [0.2, 0.25) is 10.4 Å². The zero-order valence-corrected chi connectivity index (χ0v) is 19.0. The minimum atomic E-state index is -0.579. The van der Waals surface area contributed by atoms with Gasteiger partial charge in [0.15, 0.2) is 5.15 Å². The third-order valence-electron chi connectivity index (χ3n) is 4.07. The molecule has 8 nitrogen and oxygen atoms in total. The topological polar surface area (TPSA) is 98.4 Å². The fourth-order valence-electron chi connectivity index (χ4n) is 2.82. The lowest BCUT2D eigenvalue weighted by Gasteiger charge is -2.19. The van der Waals surface area contributed by atoms with Gasteiger partial charge in [0, 0.05) is 23.5 Å². The van der Waals surface area contributed by atoms with Crippen LogP contribution < -0.4 is 14.8 Å². The molecule has 2 heterocycles.